The lowest BCUT2D eigenvalue weighted by atomic mass is 10.2. The highest BCUT2D eigenvalue weighted by molar-refractivity contribution is 14.1. The van der Waals surface area contributed by atoms with Gasteiger partial charge in [-0.15, -0.1) is 13.2 Å². The van der Waals surface area contributed by atoms with Crippen LogP contribution >= 0.6 is 34.2 Å². The first kappa shape index (κ1) is 16.9. The Kier molecular flexibility index (Phi) is 5.17. The standard InChI is InChI=1S/C14H8ClF3INO2/c15-12-6-1-8(19)7-11(12)13(21)20-9-2-4-10(5-3-9)22-14(16,17)18/h1-7H,(H,20,21). The molecule has 1 amide bonds. The van der Waals surface area contributed by atoms with Crippen LogP contribution < -0.4 is 10.1 Å². The van der Waals surface area contributed by atoms with Gasteiger partial charge >= 0.3 is 6.36 Å². The molecule has 2 aromatic rings. The Balaban J connectivity index is 2.10. The van der Waals surface area contributed by atoms with Crippen LogP contribution in [0.5, 0.6) is 5.75 Å². The SMILES string of the molecule is O=C(Nc1ccc(OC(F)(F)F)cc1)c1cc(I)ccc1Cl. The summed E-state index contributed by atoms with van der Waals surface area (Å²) in [5.74, 6) is -0.814. The minimum Gasteiger partial charge on any atom is -0.406 e. The van der Waals surface area contributed by atoms with Crippen molar-refractivity contribution >= 4 is 45.8 Å². The van der Waals surface area contributed by atoms with Gasteiger partial charge in [0.1, 0.15) is 5.75 Å². The van der Waals surface area contributed by atoms with Gasteiger partial charge in [-0.25, -0.2) is 0 Å². The Morgan fingerprint density at radius 3 is 2.36 bits per heavy atom. The van der Waals surface area contributed by atoms with Gasteiger partial charge in [-0.2, -0.15) is 0 Å². The molecule has 0 unspecified atom stereocenters. The molecule has 0 spiro atoms. The van der Waals surface area contributed by atoms with Gasteiger partial charge in [0.05, 0.1) is 10.6 Å². The van der Waals surface area contributed by atoms with Crippen molar-refractivity contribution in [2.75, 3.05) is 5.32 Å². The quantitative estimate of drug-likeness (QED) is 0.674. The second kappa shape index (κ2) is 6.74. The zero-order valence-electron chi connectivity index (χ0n) is 10.7. The van der Waals surface area contributed by atoms with Crippen LogP contribution in [0, 0.1) is 3.57 Å². The van der Waals surface area contributed by atoms with Crippen molar-refractivity contribution in [2.45, 2.75) is 6.36 Å². The Morgan fingerprint density at radius 2 is 1.77 bits per heavy atom. The van der Waals surface area contributed by atoms with E-state index < -0.39 is 12.3 Å². The molecule has 2 rings (SSSR count). The monoisotopic (exact) mass is 441 g/mol. The maximum absolute atomic E-state index is 12.1. The highest BCUT2D eigenvalue weighted by Gasteiger charge is 2.30. The smallest absolute Gasteiger partial charge is 0.406 e. The molecule has 0 aromatic heterocycles. The van der Waals surface area contributed by atoms with Crippen LogP contribution in [-0.4, -0.2) is 12.3 Å². The van der Waals surface area contributed by atoms with Gasteiger partial charge < -0.3 is 10.1 Å². The second-order valence-electron chi connectivity index (χ2n) is 4.15. The topological polar surface area (TPSA) is 38.3 Å². The van der Waals surface area contributed by atoms with Gasteiger partial charge in [0.25, 0.3) is 5.91 Å². The number of carbonyl (C=O) groups excluding carboxylic acids is 1. The molecule has 3 nitrogen and oxygen atoms in total. The van der Waals surface area contributed by atoms with Crippen molar-refractivity contribution in [3.05, 3.63) is 56.6 Å². The van der Waals surface area contributed by atoms with Crippen LogP contribution in [0.4, 0.5) is 18.9 Å². The summed E-state index contributed by atoms with van der Waals surface area (Å²) in [5, 5.41) is 2.84. The normalized spacial score (nSPS) is 11.1. The first-order valence-corrected chi connectivity index (χ1v) is 7.32. The fourth-order valence-corrected chi connectivity index (χ4v) is 2.30. The Hall–Kier alpha value is -1.48. The molecule has 0 heterocycles. The molecule has 0 saturated carbocycles. The molecule has 0 saturated heterocycles. The molecule has 0 radical (unpaired) electrons. The van der Waals surface area contributed by atoms with Crippen LogP contribution in [0.1, 0.15) is 10.4 Å². The third-order valence-electron chi connectivity index (χ3n) is 2.52. The van der Waals surface area contributed by atoms with E-state index in [0.29, 0.717) is 5.69 Å². The highest BCUT2D eigenvalue weighted by atomic mass is 127. The molecular weight excluding hydrogens is 434 g/mol. The summed E-state index contributed by atoms with van der Waals surface area (Å²) in [6.45, 7) is 0. The molecule has 2 aromatic carbocycles. The van der Waals surface area contributed by atoms with E-state index in [1.165, 1.54) is 12.1 Å². The van der Waals surface area contributed by atoms with E-state index in [1.807, 2.05) is 22.6 Å². The summed E-state index contributed by atoms with van der Waals surface area (Å²) >= 11 is 7.99. The molecule has 0 atom stereocenters. The lowest BCUT2D eigenvalue weighted by molar-refractivity contribution is -0.274. The van der Waals surface area contributed by atoms with E-state index >= 15 is 0 Å². The van der Waals surface area contributed by atoms with Gasteiger partial charge in [-0.1, -0.05) is 11.6 Å². The molecule has 22 heavy (non-hydrogen) atoms. The Bertz CT molecular complexity index is 689. The van der Waals surface area contributed by atoms with Crippen molar-refractivity contribution < 1.29 is 22.7 Å². The van der Waals surface area contributed by atoms with Crippen molar-refractivity contribution in [1.29, 1.82) is 0 Å². The molecule has 0 bridgehead atoms. The number of alkyl halides is 3. The molecule has 116 valence electrons. The molecule has 0 fully saturated rings. The van der Waals surface area contributed by atoms with Gasteiger partial charge in [-0.3, -0.25) is 4.79 Å². The van der Waals surface area contributed by atoms with Crippen LogP contribution in [0.15, 0.2) is 42.5 Å². The van der Waals surface area contributed by atoms with Crippen molar-refractivity contribution in [2.24, 2.45) is 0 Å². The number of halogens is 5. The zero-order valence-corrected chi connectivity index (χ0v) is 13.7. The number of rotatable bonds is 3. The Labute approximate surface area is 142 Å². The third-order valence-corrected chi connectivity index (χ3v) is 3.52. The molecule has 8 heteroatoms. The number of nitrogens with one attached hydrogen (secondary N) is 1. The van der Waals surface area contributed by atoms with Crippen molar-refractivity contribution in [3.63, 3.8) is 0 Å². The first-order valence-electron chi connectivity index (χ1n) is 5.87. The third kappa shape index (κ3) is 4.77. The van der Waals surface area contributed by atoms with Crippen molar-refractivity contribution in [3.8, 4) is 5.75 Å². The average molecular weight is 442 g/mol. The van der Waals surface area contributed by atoms with Crippen LogP contribution in [0.2, 0.25) is 5.02 Å². The molecule has 1 N–H and O–H groups in total. The molecule has 0 aliphatic rings. The maximum atomic E-state index is 12.1. The van der Waals surface area contributed by atoms with Gasteiger partial charge in [-0.05, 0) is 65.1 Å². The summed E-state index contributed by atoms with van der Waals surface area (Å²) in [6.07, 6.45) is -4.75. The van der Waals surface area contributed by atoms with Gasteiger partial charge in [0.2, 0.25) is 0 Å². The Morgan fingerprint density at radius 1 is 1.14 bits per heavy atom. The summed E-state index contributed by atoms with van der Waals surface area (Å²) in [5.41, 5.74) is 0.610. The van der Waals surface area contributed by atoms with Crippen LogP contribution in [0.3, 0.4) is 0 Å². The van der Waals surface area contributed by atoms with E-state index in [4.69, 9.17) is 11.6 Å². The highest BCUT2D eigenvalue weighted by Crippen LogP contribution is 2.25. The summed E-state index contributed by atoms with van der Waals surface area (Å²) in [7, 11) is 0. The summed E-state index contributed by atoms with van der Waals surface area (Å²) < 4.78 is 40.7. The minimum absolute atomic E-state index is 0.282. The first-order chi connectivity index (χ1) is 10.2. The summed E-state index contributed by atoms with van der Waals surface area (Å²) in [6, 6.07) is 9.79. The van der Waals surface area contributed by atoms with E-state index in [9.17, 15) is 18.0 Å². The van der Waals surface area contributed by atoms with E-state index in [0.717, 1.165) is 15.7 Å². The minimum atomic E-state index is -4.75. The number of amides is 1. The number of benzene rings is 2. The maximum Gasteiger partial charge on any atom is 0.573 e. The lowest BCUT2D eigenvalue weighted by Crippen LogP contribution is -2.17. The molecule has 0 aliphatic heterocycles. The average Bonchev–Trinajstić information content (AvgIpc) is 2.42. The largest absolute Gasteiger partial charge is 0.573 e. The predicted molar refractivity (Wildman–Crippen MR) is 85.2 cm³/mol. The van der Waals surface area contributed by atoms with Gasteiger partial charge in [0, 0.05) is 9.26 Å². The zero-order chi connectivity index (χ0) is 16.3. The number of hydrogen-bond acceptors (Lipinski definition) is 2. The fraction of sp³-hybridized carbons (Fsp3) is 0.0714. The predicted octanol–water partition coefficient (Wildman–Crippen LogP) is 5.10. The number of carbonyl (C=O) groups is 1. The van der Waals surface area contributed by atoms with E-state index in [-0.39, 0.29) is 16.3 Å². The number of anilines is 1. The van der Waals surface area contributed by atoms with Crippen molar-refractivity contribution in [1.82, 2.24) is 0 Å². The lowest BCUT2D eigenvalue weighted by Gasteiger charge is -2.10. The summed E-state index contributed by atoms with van der Waals surface area (Å²) in [4.78, 5) is 12.1. The van der Waals surface area contributed by atoms with Gasteiger partial charge in [0.15, 0.2) is 0 Å². The number of ether oxygens (including phenoxy) is 1. The van der Waals surface area contributed by atoms with Crippen LogP contribution in [-0.2, 0) is 0 Å². The molecular formula is C14H8ClF3INO2. The molecule has 0 aliphatic carbocycles. The van der Waals surface area contributed by atoms with E-state index in [1.54, 1.807) is 18.2 Å². The van der Waals surface area contributed by atoms with E-state index in [2.05, 4.69) is 10.1 Å². The fourth-order valence-electron chi connectivity index (χ4n) is 1.61. The second-order valence-corrected chi connectivity index (χ2v) is 5.80. The number of hydrogen-bond donors (Lipinski definition) is 1. The van der Waals surface area contributed by atoms with Crippen LogP contribution in [0.25, 0.3) is 0 Å².